The Bertz CT molecular complexity index is 499. The van der Waals surface area contributed by atoms with Gasteiger partial charge in [-0.1, -0.05) is 50.6 Å². The van der Waals surface area contributed by atoms with E-state index >= 15 is 0 Å². The van der Waals surface area contributed by atoms with Crippen LogP contribution >= 0.6 is 0 Å². The quantitative estimate of drug-likeness (QED) is 0.774. The molecule has 0 spiro atoms. The van der Waals surface area contributed by atoms with Crippen LogP contribution in [0.4, 0.5) is 0 Å². The van der Waals surface area contributed by atoms with Gasteiger partial charge in [-0.2, -0.15) is 0 Å². The van der Waals surface area contributed by atoms with E-state index in [1.165, 1.54) is 0 Å². The van der Waals surface area contributed by atoms with Gasteiger partial charge < -0.3 is 4.42 Å². The number of Topliss-reactive ketones (excluding diaryl/α,β-unsaturated/α-hetero) is 1. The Labute approximate surface area is 114 Å². The molecule has 100 valence electrons. The lowest BCUT2D eigenvalue weighted by molar-refractivity contribution is -0.120. The van der Waals surface area contributed by atoms with Gasteiger partial charge in [0.25, 0.3) is 0 Å². The van der Waals surface area contributed by atoms with Crippen LogP contribution in [0.5, 0.6) is 0 Å². The Kier molecular flexibility index (Phi) is 4.56. The molecule has 0 amide bonds. The van der Waals surface area contributed by atoms with Gasteiger partial charge in [0.1, 0.15) is 5.78 Å². The molecule has 0 saturated carbocycles. The van der Waals surface area contributed by atoms with E-state index in [4.69, 9.17) is 4.42 Å². The van der Waals surface area contributed by atoms with Crippen molar-refractivity contribution in [2.45, 2.75) is 32.6 Å². The fourth-order valence-corrected chi connectivity index (χ4v) is 2.43. The minimum absolute atomic E-state index is 0.0268. The average molecular weight is 256 g/mol. The van der Waals surface area contributed by atoms with Gasteiger partial charge in [0.2, 0.25) is 0 Å². The number of ketones is 1. The van der Waals surface area contributed by atoms with Crippen molar-refractivity contribution in [2.24, 2.45) is 5.92 Å². The van der Waals surface area contributed by atoms with E-state index in [1.807, 2.05) is 36.4 Å². The van der Waals surface area contributed by atoms with E-state index in [1.54, 1.807) is 12.5 Å². The van der Waals surface area contributed by atoms with E-state index in [9.17, 15) is 4.79 Å². The molecule has 2 atom stereocenters. The zero-order valence-corrected chi connectivity index (χ0v) is 11.5. The van der Waals surface area contributed by atoms with Crippen LogP contribution in [0.1, 0.15) is 37.3 Å². The molecule has 2 rings (SSSR count). The third-order valence-corrected chi connectivity index (χ3v) is 3.68. The lowest BCUT2D eigenvalue weighted by Gasteiger charge is -2.22. The monoisotopic (exact) mass is 256 g/mol. The molecule has 19 heavy (non-hydrogen) atoms. The fourth-order valence-electron chi connectivity index (χ4n) is 2.43. The second-order valence-corrected chi connectivity index (χ2v) is 5.05. The van der Waals surface area contributed by atoms with Crippen molar-refractivity contribution < 1.29 is 9.21 Å². The van der Waals surface area contributed by atoms with Gasteiger partial charge in [-0.3, -0.25) is 4.79 Å². The fraction of sp³-hybridized carbons (Fsp3) is 0.353. The van der Waals surface area contributed by atoms with Crippen LogP contribution < -0.4 is 0 Å². The number of rotatable bonds is 6. The van der Waals surface area contributed by atoms with E-state index < -0.39 is 0 Å². The summed E-state index contributed by atoms with van der Waals surface area (Å²) in [5.41, 5.74) is 2.07. The number of hydrogen-bond acceptors (Lipinski definition) is 2. The molecular formula is C17H20O2. The highest BCUT2D eigenvalue weighted by Gasteiger charge is 2.25. The minimum atomic E-state index is -0.0268. The van der Waals surface area contributed by atoms with Gasteiger partial charge in [-0.25, -0.2) is 0 Å². The van der Waals surface area contributed by atoms with Crippen LogP contribution in [-0.2, 0) is 11.2 Å². The van der Waals surface area contributed by atoms with Gasteiger partial charge in [-0.15, -0.1) is 0 Å². The van der Waals surface area contributed by atoms with Crippen molar-refractivity contribution in [2.75, 3.05) is 0 Å². The Morgan fingerprint density at radius 1 is 1.21 bits per heavy atom. The summed E-state index contributed by atoms with van der Waals surface area (Å²) in [6.07, 6.45) is 4.71. The number of carbonyl (C=O) groups excluding carboxylic acids is 1. The lowest BCUT2D eigenvalue weighted by atomic mass is 9.81. The smallest absolute Gasteiger partial charge is 0.145 e. The van der Waals surface area contributed by atoms with Crippen molar-refractivity contribution in [3.63, 3.8) is 0 Å². The van der Waals surface area contributed by atoms with Crippen molar-refractivity contribution in [3.05, 3.63) is 60.1 Å². The average Bonchev–Trinajstić information content (AvgIpc) is 2.93. The number of hydrogen-bond donors (Lipinski definition) is 0. The molecule has 0 N–H and O–H groups in total. The summed E-state index contributed by atoms with van der Waals surface area (Å²) in [4.78, 5) is 12.6. The second-order valence-electron chi connectivity index (χ2n) is 5.05. The van der Waals surface area contributed by atoms with Crippen LogP contribution in [-0.4, -0.2) is 5.78 Å². The molecule has 2 nitrogen and oxygen atoms in total. The Balaban J connectivity index is 2.20. The van der Waals surface area contributed by atoms with E-state index in [0.29, 0.717) is 12.3 Å². The summed E-state index contributed by atoms with van der Waals surface area (Å²) in [5, 5.41) is 0. The molecule has 2 heteroatoms. The molecule has 0 radical (unpaired) electrons. The molecule has 1 aromatic carbocycles. The first-order valence-electron chi connectivity index (χ1n) is 6.81. The van der Waals surface area contributed by atoms with Crippen LogP contribution in [0.15, 0.2) is 53.3 Å². The summed E-state index contributed by atoms with van der Waals surface area (Å²) in [6.45, 7) is 4.27. The first kappa shape index (κ1) is 13.6. The third kappa shape index (κ3) is 3.34. The minimum Gasteiger partial charge on any atom is -0.472 e. The summed E-state index contributed by atoms with van der Waals surface area (Å²) < 4.78 is 5.04. The number of carbonyl (C=O) groups is 1. The zero-order chi connectivity index (χ0) is 13.7. The predicted octanol–water partition coefficient (Wildman–Crippen LogP) is 4.22. The molecule has 2 aromatic rings. The summed E-state index contributed by atoms with van der Waals surface area (Å²) in [5.74, 6) is 0.588. The van der Waals surface area contributed by atoms with Gasteiger partial charge in [0.05, 0.1) is 12.5 Å². The highest BCUT2D eigenvalue weighted by molar-refractivity contribution is 5.87. The highest BCUT2D eigenvalue weighted by atomic mass is 16.3. The Morgan fingerprint density at radius 3 is 2.53 bits per heavy atom. The maximum absolute atomic E-state index is 12.6. The van der Waals surface area contributed by atoms with E-state index in [2.05, 4.69) is 13.8 Å². The third-order valence-electron chi connectivity index (χ3n) is 3.68. The van der Waals surface area contributed by atoms with Crippen LogP contribution in [0, 0.1) is 5.92 Å². The number of benzene rings is 1. The summed E-state index contributed by atoms with van der Waals surface area (Å²) >= 11 is 0. The summed E-state index contributed by atoms with van der Waals surface area (Å²) in [6, 6.07) is 11.9. The second kappa shape index (κ2) is 6.37. The first-order chi connectivity index (χ1) is 9.22. The van der Waals surface area contributed by atoms with Crippen molar-refractivity contribution >= 4 is 5.78 Å². The van der Waals surface area contributed by atoms with Crippen LogP contribution in [0.25, 0.3) is 0 Å². The predicted molar refractivity (Wildman–Crippen MR) is 76.1 cm³/mol. The largest absolute Gasteiger partial charge is 0.472 e. The van der Waals surface area contributed by atoms with Crippen LogP contribution in [0.3, 0.4) is 0 Å². The maximum Gasteiger partial charge on any atom is 0.145 e. The molecule has 0 saturated heterocycles. The van der Waals surface area contributed by atoms with Crippen molar-refractivity contribution in [3.8, 4) is 0 Å². The highest BCUT2D eigenvalue weighted by Crippen LogP contribution is 2.29. The lowest BCUT2D eigenvalue weighted by Crippen LogP contribution is -2.21. The summed E-state index contributed by atoms with van der Waals surface area (Å²) in [7, 11) is 0. The SMILES string of the molecule is CCC(C)C(C(=O)Cc1ccoc1)c1ccccc1. The van der Waals surface area contributed by atoms with Gasteiger partial charge in [0.15, 0.2) is 0 Å². The standard InChI is InChI=1S/C17H20O2/c1-3-13(2)17(15-7-5-4-6-8-15)16(18)11-14-9-10-19-12-14/h4-10,12-13,17H,3,11H2,1-2H3. The zero-order valence-electron chi connectivity index (χ0n) is 11.5. The molecule has 0 aliphatic rings. The topological polar surface area (TPSA) is 30.2 Å². The van der Waals surface area contributed by atoms with E-state index in [-0.39, 0.29) is 11.7 Å². The van der Waals surface area contributed by atoms with Crippen molar-refractivity contribution in [1.29, 1.82) is 0 Å². The molecule has 0 bridgehead atoms. The van der Waals surface area contributed by atoms with E-state index in [0.717, 1.165) is 17.5 Å². The van der Waals surface area contributed by atoms with Gasteiger partial charge >= 0.3 is 0 Å². The Hall–Kier alpha value is -1.83. The first-order valence-corrected chi connectivity index (χ1v) is 6.81. The molecule has 2 unspecified atom stereocenters. The van der Waals surface area contributed by atoms with Gasteiger partial charge in [0, 0.05) is 12.3 Å². The maximum atomic E-state index is 12.6. The number of furan rings is 1. The van der Waals surface area contributed by atoms with Gasteiger partial charge in [-0.05, 0) is 23.1 Å². The van der Waals surface area contributed by atoms with Crippen LogP contribution in [0.2, 0.25) is 0 Å². The molecule has 0 aliphatic heterocycles. The Morgan fingerprint density at radius 2 is 1.95 bits per heavy atom. The molecule has 1 heterocycles. The van der Waals surface area contributed by atoms with Crippen molar-refractivity contribution in [1.82, 2.24) is 0 Å². The molecule has 0 aliphatic carbocycles. The normalized spacial score (nSPS) is 14.0. The molecular weight excluding hydrogens is 236 g/mol. The molecule has 0 fully saturated rings. The molecule has 1 aromatic heterocycles.